The van der Waals surface area contributed by atoms with Crippen LogP contribution in [0.5, 0.6) is 0 Å². The fourth-order valence-corrected chi connectivity index (χ4v) is 4.41. The number of thiophene rings is 1. The molecule has 0 saturated carbocycles. The number of nitrogens with one attached hydrogen (secondary N) is 1. The molecule has 1 fully saturated rings. The molecule has 0 aliphatic carbocycles. The Balaban J connectivity index is 1.65. The van der Waals surface area contributed by atoms with Gasteiger partial charge in [0.2, 0.25) is 5.95 Å². The molecule has 1 aliphatic heterocycles. The van der Waals surface area contributed by atoms with Crippen molar-refractivity contribution in [2.24, 2.45) is 0 Å². The molecule has 0 aromatic carbocycles. The number of nitrogens with zero attached hydrogens (tertiary/aromatic N) is 4. The molecular weight excluding hydrogens is 362 g/mol. The summed E-state index contributed by atoms with van der Waals surface area (Å²) in [7, 11) is 0. The van der Waals surface area contributed by atoms with E-state index in [1.54, 1.807) is 6.20 Å². The van der Waals surface area contributed by atoms with Crippen molar-refractivity contribution in [3.63, 3.8) is 0 Å². The number of anilines is 1. The number of aliphatic hydroxyl groups excluding tert-OH is 2. The van der Waals surface area contributed by atoms with Gasteiger partial charge >= 0.3 is 0 Å². The zero-order chi connectivity index (χ0) is 18.8. The molecule has 1 aliphatic rings. The first-order valence-corrected chi connectivity index (χ1v) is 10.0. The molecule has 0 spiro atoms. The molecule has 3 N–H and O–H groups in total. The molecule has 3 atom stereocenters. The lowest BCUT2D eigenvalue weighted by molar-refractivity contribution is -0.0219. The van der Waals surface area contributed by atoms with Crippen molar-refractivity contribution >= 4 is 27.5 Å². The van der Waals surface area contributed by atoms with Gasteiger partial charge in [-0.2, -0.15) is 0 Å². The van der Waals surface area contributed by atoms with E-state index in [1.165, 1.54) is 11.3 Å². The van der Waals surface area contributed by atoms with Gasteiger partial charge < -0.3 is 15.5 Å². The Kier molecular flexibility index (Phi) is 5.31. The summed E-state index contributed by atoms with van der Waals surface area (Å²) in [5, 5.41) is 25.9. The first-order chi connectivity index (χ1) is 13.2. The van der Waals surface area contributed by atoms with Crippen LogP contribution in [0.25, 0.3) is 10.2 Å². The number of aromatic nitrogens is 3. The molecule has 4 heterocycles. The Bertz CT molecular complexity index is 904. The maximum Gasteiger partial charge on any atom is 0.224 e. The van der Waals surface area contributed by atoms with Crippen LogP contribution in [0.4, 0.5) is 5.95 Å². The molecule has 0 radical (unpaired) electrons. The second-order valence-corrected chi connectivity index (χ2v) is 7.73. The van der Waals surface area contributed by atoms with E-state index in [1.807, 2.05) is 41.6 Å². The maximum atomic E-state index is 11.0. The molecule has 0 amide bonds. The van der Waals surface area contributed by atoms with Crippen LogP contribution in [-0.2, 0) is 0 Å². The van der Waals surface area contributed by atoms with E-state index >= 15 is 0 Å². The lowest BCUT2D eigenvalue weighted by Gasteiger charge is -2.28. The van der Waals surface area contributed by atoms with Crippen molar-refractivity contribution in [2.75, 3.05) is 18.5 Å². The average molecular weight is 385 g/mol. The van der Waals surface area contributed by atoms with Crippen LogP contribution < -0.4 is 5.32 Å². The van der Waals surface area contributed by atoms with Gasteiger partial charge in [0.25, 0.3) is 0 Å². The van der Waals surface area contributed by atoms with E-state index < -0.39 is 6.23 Å². The topological polar surface area (TPSA) is 94.4 Å². The van der Waals surface area contributed by atoms with Crippen LogP contribution in [0.2, 0.25) is 0 Å². The van der Waals surface area contributed by atoms with Gasteiger partial charge in [-0.05, 0) is 42.8 Å². The number of pyridine rings is 1. The molecular formula is C19H23N5O2S. The van der Waals surface area contributed by atoms with E-state index in [2.05, 4.69) is 20.3 Å². The van der Waals surface area contributed by atoms with Crippen LogP contribution in [0.1, 0.15) is 43.3 Å². The highest BCUT2D eigenvalue weighted by Gasteiger charge is 2.32. The number of rotatable bonds is 6. The molecule has 7 nitrogen and oxygen atoms in total. The van der Waals surface area contributed by atoms with Crippen LogP contribution >= 0.6 is 11.3 Å². The number of hydrogen-bond acceptors (Lipinski definition) is 8. The zero-order valence-corrected chi connectivity index (χ0v) is 15.9. The fourth-order valence-electron chi connectivity index (χ4n) is 3.57. The standard InChI is InChI=1S/C19H23N5O2S/c1-12(13-4-2-7-20-10-13)21-19-22-15-6-9-27-17(15)16(23-19)18(26)24-8-3-5-14(24)11-25/h2,4,6-7,9-10,12,14,18,25-26H,3,5,8,11H2,1H3,(H,21,22,23). The lowest BCUT2D eigenvalue weighted by Crippen LogP contribution is -2.36. The molecule has 8 heteroatoms. The summed E-state index contributed by atoms with van der Waals surface area (Å²) >= 11 is 1.52. The van der Waals surface area contributed by atoms with Crippen molar-refractivity contribution < 1.29 is 10.2 Å². The third kappa shape index (κ3) is 3.66. The lowest BCUT2D eigenvalue weighted by atomic mass is 10.1. The molecule has 142 valence electrons. The highest BCUT2D eigenvalue weighted by molar-refractivity contribution is 7.17. The second kappa shape index (κ2) is 7.85. The van der Waals surface area contributed by atoms with Gasteiger partial charge in [0.05, 0.1) is 22.9 Å². The Morgan fingerprint density at radius 3 is 3.04 bits per heavy atom. The summed E-state index contributed by atoms with van der Waals surface area (Å²) in [6.07, 6.45) is 4.54. The molecule has 4 rings (SSSR count). The Labute approximate surface area is 161 Å². The van der Waals surface area contributed by atoms with E-state index in [0.717, 1.165) is 35.2 Å². The third-order valence-electron chi connectivity index (χ3n) is 5.05. The van der Waals surface area contributed by atoms with E-state index in [4.69, 9.17) is 0 Å². The average Bonchev–Trinajstić information content (AvgIpc) is 3.36. The van der Waals surface area contributed by atoms with Gasteiger partial charge in [-0.15, -0.1) is 11.3 Å². The molecule has 3 unspecified atom stereocenters. The van der Waals surface area contributed by atoms with Gasteiger partial charge in [-0.1, -0.05) is 6.07 Å². The van der Waals surface area contributed by atoms with Crippen molar-refractivity contribution in [3.05, 3.63) is 47.2 Å². The minimum absolute atomic E-state index is 0.0169. The minimum atomic E-state index is -0.858. The summed E-state index contributed by atoms with van der Waals surface area (Å²) in [5.74, 6) is 0.478. The third-order valence-corrected chi connectivity index (χ3v) is 5.98. The first kappa shape index (κ1) is 18.2. The predicted octanol–water partition coefficient (Wildman–Crippen LogP) is 2.71. The normalized spacial score (nSPS) is 20.0. The molecule has 1 saturated heterocycles. The van der Waals surface area contributed by atoms with Gasteiger partial charge in [0, 0.05) is 25.0 Å². The predicted molar refractivity (Wildman–Crippen MR) is 105 cm³/mol. The Morgan fingerprint density at radius 1 is 1.37 bits per heavy atom. The molecule has 3 aromatic heterocycles. The Hall–Kier alpha value is -2.13. The number of aliphatic hydroxyl groups is 2. The zero-order valence-electron chi connectivity index (χ0n) is 15.1. The quantitative estimate of drug-likeness (QED) is 0.600. The Morgan fingerprint density at radius 2 is 2.26 bits per heavy atom. The van der Waals surface area contributed by atoms with Crippen molar-refractivity contribution in [1.82, 2.24) is 19.9 Å². The van der Waals surface area contributed by atoms with Gasteiger partial charge in [-0.25, -0.2) is 9.97 Å². The SMILES string of the molecule is CC(Nc1nc(C(O)N2CCCC2CO)c2sccc2n1)c1cccnc1. The summed E-state index contributed by atoms with van der Waals surface area (Å²) in [6, 6.07) is 5.78. The first-order valence-electron chi connectivity index (χ1n) is 9.13. The summed E-state index contributed by atoms with van der Waals surface area (Å²) in [4.78, 5) is 15.3. The van der Waals surface area contributed by atoms with Crippen LogP contribution in [0.15, 0.2) is 36.0 Å². The highest BCUT2D eigenvalue weighted by atomic mass is 32.1. The summed E-state index contributed by atoms with van der Waals surface area (Å²) < 4.78 is 0.880. The molecule has 3 aromatic rings. The minimum Gasteiger partial charge on any atom is -0.395 e. The number of likely N-dealkylation sites (tertiary alicyclic amines) is 1. The van der Waals surface area contributed by atoms with E-state index in [-0.39, 0.29) is 18.7 Å². The molecule has 0 bridgehead atoms. The number of hydrogen-bond donors (Lipinski definition) is 3. The number of fused-ring (bicyclic) bond motifs is 1. The van der Waals surface area contributed by atoms with Crippen molar-refractivity contribution in [2.45, 2.75) is 38.1 Å². The fraction of sp³-hybridized carbons (Fsp3) is 0.421. The van der Waals surface area contributed by atoms with Gasteiger partial charge in [-0.3, -0.25) is 9.88 Å². The van der Waals surface area contributed by atoms with E-state index in [9.17, 15) is 10.2 Å². The van der Waals surface area contributed by atoms with Crippen molar-refractivity contribution in [1.29, 1.82) is 0 Å². The monoisotopic (exact) mass is 385 g/mol. The van der Waals surface area contributed by atoms with Crippen LogP contribution in [0, 0.1) is 0 Å². The van der Waals surface area contributed by atoms with Crippen molar-refractivity contribution in [3.8, 4) is 0 Å². The summed E-state index contributed by atoms with van der Waals surface area (Å²) in [5.41, 5.74) is 2.44. The van der Waals surface area contributed by atoms with Gasteiger partial charge in [0.1, 0.15) is 5.69 Å². The maximum absolute atomic E-state index is 11.0. The van der Waals surface area contributed by atoms with E-state index in [0.29, 0.717) is 11.6 Å². The van der Waals surface area contributed by atoms with Crippen LogP contribution in [-0.4, -0.2) is 49.3 Å². The smallest absolute Gasteiger partial charge is 0.224 e. The van der Waals surface area contributed by atoms with Gasteiger partial charge in [0.15, 0.2) is 6.23 Å². The van der Waals surface area contributed by atoms with Crippen LogP contribution in [0.3, 0.4) is 0 Å². The largest absolute Gasteiger partial charge is 0.395 e. The summed E-state index contributed by atoms with van der Waals surface area (Å²) in [6.45, 7) is 2.81. The second-order valence-electron chi connectivity index (χ2n) is 6.81. The highest BCUT2D eigenvalue weighted by Crippen LogP contribution is 2.33. The molecule has 27 heavy (non-hydrogen) atoms.